The molecular formula is C11H14BrFN2O. The van der Waals surface area contributed by atoms with E-state index in [0.29, 0.717) is 0 Å². The minimum atomic E-state index is -0.622. The average Bonchev–Trinajstić information content (AvgIpc) is 2.18. The van der Waals surface area contributed by atoms with Crippen molar-refractivity contribution in [2.75, 3.05) is 7.05 Å². The summed E-state index contributed by atoms with van der Waals surface area (Å²) in [7, 11) is 1.63. The Hall–Kier alpha value is -0.970. The zero-order chi connectivity index (χ0) is 12.5. The first-order valence-corrected chi connectivity index (χ1v) is 5.62. The molecule has 1 aromatic heterocycles. The smallest absolute Gasteiger partial charge is 0.275 e. The number of hydrogen-bond donors (Lipinski definition) is 0. The molecule has 0 fully saturated rings. The molecule has 16 heavy (non-hydrogen) atoms. The highest BCUT2D eigenvalue weighted by atomic mass is 79.9. The highest BCUT2D eigenvalue weighted by Crippen LogP contribution is 2.20. The van der Waals surface area contributed by atoms with Gasteiger partial charge >= 0.3 is 0 Å². The number of pyridine rings is 1. The van der Waals surface area contributed by atoms with Gasteiger partial charge in [0.2, 0.25) is 0 Å². The Kier molecular flexibility index (Phi) is 3.68. The van der Waals surface area contributed by atoms with Gasteiger partial charge in [-0.2, -0.15) is 0 Å². The average molecular weight is 289 g/mol. The molecule has 5 heteroatoms. The summed E-state index contributed by atoms with van der Waals surface area (Å²) >= 11 is 3.03. The maximum Gasteiger partial charge on any atom is 0.275 e. The quantitative estimate of drug-likeness (QED) is 0.796. The molecule has 0 unspecified atom stereocenters. The number of halogens is 2. The fraction of sp³-hybridized carbons (Fsp3) is 0.455. The third-order valence-electron chi connectivity index (χ3n) is 2.36. The summed E-state index contributed by atoms with van der Waals surface area (Å²) < 4.78 is 13.9. The number of carbonyl (C=O) groups excluding carboxylic acids is 1. The SMILES string of the molecule is CN(C(=O)c1nccc(Br)c1F)C(C)(C)C. The van der Waals surface area contributed by atoms with Crippen LogP contribution in [0.2, 0.25) is 0 Å². The van der Waals surface area contributed by atoms with Crippen molar-refractivity contribution in [2.45, 2.75) is 26.3 Å². The van der Waals surface area contributed by atoms with Gasteiger partial charge in [-0.3, -0.25) is 4.79 Å². The van der Waals surface area contributed by atoms with Crippen LogP contribution in [-0.2, 0) is 0 Å². The highest BCUT2D eigenvalue weighted by molar-refractivity contribution is 9.10. The summed E-state index contributed by atoms with van der Waals surface area (Å²) in [6, 6.07) is 1.46. The Morgan fingerprint density at radius 1 is 1.50 bits per heavy atom. The number of amides is 1. The predicted octanol–water partition coefficient (Wildman–Crippen LogP) is 2.85. The Morgan fingerprint density at radius 3 is 2.56 bits per heavy atom. The third-order valence-corrected chi connectivity index (χ3v) is 2.97. The van der Waals surface area contributed by atoms with Crippen LogP contribution in [0.3, 0.4) is 0 Å². The maximum absolute atomic E-state index is 13.6. The van der Waals surface area contributed by atoms with E-state index in [4.69, 9.17) is 0 Å². The van der Waals surface area contributed by atoms with Gasteiger partial charge in [0, 0.05) is 18.8 Å². The van der Waals surface area contributed by atoms with Crippen molar-refractivity contribution in [3.8, 4) is 0 Å². The first-order chi connectivity index (χ1) is 7.25. The number of carbonyl (C=O) groups is 1. The topological polar surface area (TPSA) is 33.2 Å². The summed E-state index contributed by atoms with van der Waals surface area (Å²) in [6.07, 6.45) is 1.40. The summed E-state index contributed by atoms with van der Waals surface area (Å²) in [5.74, 6) is -1.05. The zero-order valence-electron chi connectivity index (χ0n) is 9.71. The fourth-order valence-corrected chi connectivity index (χ4v) is 1.34. The summed E-state index contributed by atoms with van der Waals surface area (Å²) in [6.45, 7) is 5.63. The molecule has 0 saturated heterocycles. The van der Waals surface area contributed by atoms with E-state index >= 15 is 0 Å². The van der Waals surface area contributed by atoms with E-state index < -0.39 is 11.7 Å². The van der Waals surface area contributed by atoms with Crippen LogP contribution in [0.5, 0.6) is 0 Å². The Labute approximate surface area is 103 Å². The van der Waals surface area contributed by atoms with Gasteiger partial charge in [0.15, 0.2) is 11.5 Å². The van der Waals surface area contributed by atoms with Crippen LogP contribution >= 0.6 is 15.9 Å². The van der Waals surface area contributed by atoms with Crippen molar-refractivity contribution in [1.29, 1.82) is 0 Å². The Morgan fingerprint density at radius 2 is 2.06 bits per heavy atom. The van der Waals surface area contributed by atoms with Crippen molar-refractivity contribution in [2.24, 2.45) is 0 Å². The molecule has 0 aromatic carbocycles. The molecule has 0 N–H and O–H groups in total. The van der Waals surface area contributed by atoms with E-state index in [1.807, 2.05) is 20.8 Å². The van der Waals surface area contributed by atoms with Gasteiger partial charge in [-0.1, -0.05) is 0 Å². The minimum absolute atomic E-state index is 0.160. The molecule has 1 rings (SSSR count). The highest BCUT2D eigenvalue weighted by Gasteiger charge is 2.27. The van der Waals surface area contributed by atoms with E-state index in [1.165, 1.54) is 17.2 Å². The zero-order valence-corrected chi connectivity index (χ0v) is 11.3. The molecule has 3 nitrogen and oxygen atoms in total. The van der Waals surface area contributed by atoms with Crippen LogP contribution in [0, 0.1) is 5.82 Å². The van der Waals surface area contributed by atoms with Gasteiger partial charge in [-0.15, -0.1) is 0 Å². The first kappa shape index (κ1) is 13.1. The van der Waals surface area contributed by atoms with Crippen LogP contribution in [0.4, 0.5) is 4.39 Å². The molecule has 1 aromatic rings. The molecular weight excluding hydrogens is 275 g/mol. The minimum Gasteiger partial charge on any atom is -0.335 e. The molecule has 88 valence electrons. The largest absolute Gasteiger partial charge is 0.335 e. The standard InChI is InChI=1S/C11H14BrFN2O/c1-11(2,3)15(4)10(16)9-8(13)7(12)5-6-14-9/h5-6H,1-4H3. The second-order valence-corrected chi connectivity index (χ2v) is 5.34. The van der Waals surface area contributed by atoms with Gasteiger partial charge in [-0.05, 0) is 42.8 Å². The second-order valence-electron chi connectivity index (χ2n) is 4.49. The lowest BCUT2D eigenvalue weighted by Gasteiger charge is -2.31. The fourth-order valence-electron chi connectivity index (χ4n) is 1.03. The van der Waals surface area contributed by atoms with Crippen LogP contribution in [-0.4, -0.2) is 28.4 Å². The van der Waals surface area contributed by atoms with Crippen LogP contribution in [0.15, 0.2) is 16.7 Å². The molecule has 0 bridgehead atoms. The molecule has 0 aliphatic rings. The van der Waals surface area contributed by atoms with Gasteiger partial charge in [0.05, 0.1) is 4.47 Å². The van der Waals surface area contributed by atoms with E-state index in [9.17, 15) is 9.18 Å². The molecule has 0 spiro atoms. The van der Waals surface area contributed by atoms with Gasteiger partial charge in [-0.25, -0.2) is 9.37 Å². The molecule has 1 heterocycles. The molecule has 0 atom stereocenters. The van der Waals surface area contributed by atoms with Gasteiger partial charge in [0.25, 0.3) is 5.91 Å². The van der Waals surface area contributed by atoms with E-state index in [1.54, 1.807) is 7.05 Å². The van der Waals surface area contributed by atoms with Gasteiger partial charge < -0.3 is 4.90 Å². The van der Waals surface area contributed by atoms with Crippen LogP contribution < -0.4 is 0 Å². The van der Waals surface area contributed by atoms with Crippen molar-refractivity contribution in [3.63, 3.8) is 0 Å². The molecule has 0 aliphatic carbocycles. The van der Waals surface area contributed by atoms with Crippen molar-refractivity contribution >= 4 is 21.8 Å². The van der Waals surface area contributed by atoms with Crippen molar-refractivity contribution in [1.82, 2.24) is 9.88 Å². The van der Waals surface area contributed by atoms with Gasteiger partial charge in [0.1, 0.15) is 0 Å². The van der Waals surface area contributed by atoms with Crippen LogP contribution in [0.1, 0.15) is 31.3 Å². The van der Waals surface area contributed by atoms with E-state index in [-0.39, 0.29) is 15.7 Å². The van der Waals surface area contributed by atoms with Crippen molar-refractivity contribution in [3.05, 3.63) is 28.2 Å². The summed E-state index contributed by atoms with van der Waals surface area (Å²) in [5, 5.41) is 0. The lowest BCUT2D eigenvalue weighted by atomic mass is 10.1. The number of aromatic nitrogens is 1. The normalized spacial score (nSPS) is 11.4. The molecule has 1 amide bonds. The van der Waals surface area contributed by atoms with Crippen molar-refractivity contribution < 1.29 is 9.18 Å². The lowest BCUT2D eigenvalue weighted by Crippen LogP contribution is -2.43. The van der Waals surface area contributed by atoms with E-state index in [0.717, 1.165) is 0 Å². The van der Waals surface area contributed by atoms with Crippen LogP contribution in [0.25, 0.3) is 0 Å². The monoisotopic (exact) mass is 288 g/mol. The Bertz CT molecular complexity index is 415. The number of nitrogens with zero attached hydrogens (tertiary/aromatic N) is 2. The number of hydrogen-bond acceptors (Lipinski definition) is 2. The Balaban J connectivity index is 3.11. The molecule has 0 saturated carbocycles. The summed E-state index contributed by atoms with van der Waals surface area (Å²) in [5.41, 5.74) is -0.528. The second kappa shape index (κ2) is 4.49. The molecule has 0 radical (unpaired) electrons. The van der Waals surface area contributed by atoms with E-state index in [2.05, 4.69) is 20.9 Å². The molecule has 0 aliphatic heterocycles. The third kappa shape index (κ3) is 2.58. The lowest BCUT2D eigenvalue weighted by molar-refractivity contribution is 0.0644. The maximum atomic E-state index is 13.6. The number of rotatable bonds is 1. The first-order valence-electron chi connectivity index (χ1n) is 4.83. The summed E-state index contributed by atoms with van der Waals surface area (Å²) in [4.78, 5) is 17.2. The predicted molar refractivity (Wildman–Crippen MR) is 63.7 cm³/mol.